The second-order valence-corrected chi connectivity index (χ2v) is 11.5. The second kappa shape index (κ2) is 16.5. The SMILES string of the molecule is CN(C(=O)c1cccc(CN)c1)[C@H](Cc1ccc2ccccc2c1)C(=O)N(C)[C@H](Cc1ccccc1)C(=O)NCCCCCN. The number of nitrogens with one attached hydrogen (secondary N) is 1. The molecule has 0 saturated carbocycles. The van der Waals surface area contributed by atoms with Crippen LogP contribution in [0.5, 0.6) is 0 Å². The van der Waals surface area contributed by atoms with E-state index < -0.39 is 12.1 Å². The normalized spacial score (nSPS) is 12.4. The van der Waals surface area contributed by atoms with Gasteiger partial charge in [-0.3, -0.25) is 14.4 Å². The number of hydrogen-bond donors (Lipinski definition) is 3. The van der Waals surface area contributed by atoms with Crippen LogP contribution in [0.3, 0.4) is 0 Å². The minimum absolute atomic E-state index is 0.225. The summed E-state index contributed by atoms with van der Waals surface area (Å²) < 4.78 is 0. The van der Waals surface area contributed by atoms with E-state index in [1.807, 2.05) is 72.8 Å². The Morgan fingerprint density at radius 2 is 1.36 bits per heavy atom. The average molecular weight is 608 g/mol. The van der Waals surface area contributed by atoms with Gasteiger partial charge in [0.05, 0.1) is 0 Å². The molecule has 0 unspecified atom stereocenters. The van der Waals surface area contributed by atoms with Crippen LogP contribution in [0.2, 0.25) is 0 Å². The third-order valence-corrected chi connectivity index (χ3v) is 8.30. The molecule has 0 aliphatic rings. The Morgan fingerprint density at radius 3 is 2.09 bits per heavy atom. The van der Waals surface area contributed by atoms with Crippen LogP contribution in [0.1, 0.15) is 46.3 Å². The molecule has 0 bridgehead atoms. The lowest BCUT2D eigenvalue weighted by atomic mass is 9.98. The van der Waals surface area contributed by atoms with Crippen molar-refractivity contribution in [1.29, 1.82) is 0 Å². The fourth-order valence-electron chi connectivity index (χ4n) is 5.56. The summed E-state index contributed by atoms with van der Waals surface area (Å²) in [6.07, 6.45) is 3.25. The maximum absolute atomic E-state index is 14.5. The lowest BCUT2D eigenvalue weighted by molar-refractivity contribution is -0.142. The van der Waals surface area contributed by atoms with Crippen molar-refractivity contribution in [3.8, 4) is 0 Å². The number of amides is 3. The Bertz CT molecular complexity index is 1570. The Balaban J connectivity index is 1.65. The number of unbranched alkanes of at least 4 members (excludes halogenated alkanes) is 2. The molecule has 5 N–H and O–H groups in total. The predicted octanol–water partition coefficient (Wildman–Crippen LogP) is 4.30. The summed E-state index contributed by atoms with van der Waals surface area (Å²) >= 11 is 0. The lowest BCUT2D eigenvalue weighted by Gasteiger charge is -2.35. The van der Waals surface area contributed by atoms with Crippen LogP contribution in [0.25, 0.3) is 10.8 Å². The molecule has 0 heterocycles. The predicted molar refractivity (Wildman–Crippen MR) is 180 cm³/mol. The molecule has 0 spiro atoms. The molecule has 4 aromatic carbocycles. The molecule has 4 aromatic rings. The summed E-state index contributed by atoms with van der Waals surface area (Å²) in [6.45, 7) is 1.42. The highest BCUT2D eigenvalue weighted by Crippen LogP contribution is 2.21. The fraction of sp³-hybridized carbons (Fsp3) is 0.324. The van der Waals surface area contributed by atoms with Crippen molar-refractivity contribution in [3.63, 3.8) is 0 Å². The van der Waals surface area contributed by atoms with E-state index >= 15 is 0 Å². The van der Waals surface area contributed by atoms with Crippen molar-refractivity contribution < 1.29 is 14.4 Å². The molecular formula is C37H45N5O3. The molecule has 45 heavy (non-hydrogen) atoms. The molecule has 236 valence electrons. The Kier molecular flexibility index (Phi) is 12.2. The van der Waals surface area contributed by atoms with E-state index in [4.69, 9.17) is 11.5 Å². The molecule has 2 atom stereocenters. The molecule has 0 saturated heterocycles. The molecule has 0 fully saturated rings. The van der Waals surface area contributed by atoms with Gasteiger partial charge in [0.25, 0.3) is 5.91 Å². The first kappa shape index (κ1) is 33.4. The number of rotatable bonds is 15. The van der Waals surface area contributed by atoms with Gasteiger partial charge in [-0.1, -0.05) is 91.3 Å². The maximum Gasteiger partial charge on any atom is 0.254 e. The number of fused-ring (bicyclic) bond motifs is 1. The topological polar surface area (TPSA) is 122 Å². The van der Waals surface area contributed by atoms with E-state index in [2.05, 4.69) is 11.4 Å². The zero-order chi connectivity index (χ0) is 32.2. The summed E-state index contributed by atoms with van der Waals surface area (Å²) in [6, 6.07) is 29.3. The van der Waals surface area contributed by atoms with Crippen LogP contribution in [-0.4, -0.2) is 66.8 Å². The monoisotopic (exact) mass is 607 g/mol. The number of nitrogens with two attached hydrogens (primary N) is 2. The summed E-state index contributed by atoms with van der Waals surface area (Å²) in [4.78, 5) is 44.9. The van der Waals surface area contributed by atoms with Crippen molar-refractivity contribution in [2.45, 2.75) is 50.7 Å². The van der Waals surface area contributed by atoms with Crippen LogP contribution < -0.4 is 16.8 Å². The first-order valence-electron chi connectivity index (χ1n) is 15.6. The van der Waals surface area contributed by atoms with E-state index in [1.54, 1.807) is 32.3 Å². The standard InChI is InChI=1S/C37H45N5O3/c1-41(33(24-27-12-5-3-6-13-27)35(43)40-21-10-4-9-20-38)37(45)34(25-28-18-19-30-15-7-8-16-31(30)22-28)42(2)36(44)32-17-11-14-29(23-32)26-39/h3,5-8,11-19,22-23,33-34H,4,9-10,20-21,24-26,38-39H2,1-2H3,(H,40,43)/t33-,34-/m1/s1. The van der Waals surface area contributed by atoms with Gasteiger partial charge in [-0.25, -0.2) is 0 Å². The fourth-order valence-corrected chi connectivity index (χ4v) is 5.56. The second-order valence-electron chi connectivity index (χ2n) is 11.5. The Morgan fingerprint density at radius 1 is 0.667 bits per heavy atom. The molecule has 0 aliphatic carbocycles. The minimum Gasteiger partial charge on any atom is -0.354 e. The first-order valence-corrected chi connectivity index (χ1v) is 15.6. The maximum atomic E-state index is 14.5. The van der Waals surface area contributed by atoms with Crippen molar-refractivity contribution in [3.05, 3.63) is 119 Å². The molecule has 3 amide bonds. The number of carbonyl (C=O) groups excluding carboxylic acids is 3. The molecule has 4 rings (SSSR count). The van der Waals surface area contributed by atoms with Gasteiger partial charge in [0.2, 0.25) is 11.8 Å². The van der Waals surface area contributed by atoms with Crippen LogP contribution in [-0.2, 0) is 29.0 Å². The Hall–Kier alpha value is -4.53. The van der Waals surface area contributed by atoms with Crippen molar-refractivity contribution in [2.75, 3.05) is 27.2 Å². The van der Waals surface area contributed by atoms with Gasteiger partial charge in [-0.05, 0) is 59.0 Å². The summed E-state index contributed by atoms with van der Waals surface area (Å²) in [5.41, 5.74) is 14.6. The smallest absolute Gasteiger partial charge is 0.254 e. The highest BCUT2D eigenvalue weighted by molar-refractivity contribution is 5.98. The van der Waals surface area contributed by atoms with Crippen molar-refractivity contribution >= 4 is 28.5 Å². The third-order valence-electron chi connectivity index (χ3n) is 8.30. The van der Waals surface area contributed by atoms with Gasteiger partial charge >= 0.3 is 0 Å². The van der Waals surface area contributed by atoms with E-state index in [1.165, 1.54) is 9.80 Å². The van der Waals surface area contributed by atoms with E-state index in [9.17, 15) is 14.4 Å². The van der Waals surface area contributed by atoms with Gasteiger partial charge in [0.1, 0.15) is 12.1 Å². The number of likely N-dealkylation sites (N-methyl/N-ethyl adjacent to an activating group) is 2. The number of nitrogens with zero attached hydrogens (tertiary/aromatic N) is 2. The third kappa shape index (κ3) is 9.00. The van der Waals surface area contributed by atoms with Crippen molar-refractivity contribution in [1.82, 2.24) is 15.1 Å². The summed E-state index contributed by atoms with van der Waals surface area (Å²) in [5.74, 6) is -0.827. The number of benzene rings is 4. The molecule has 0 aromatic heterocycles. The van der Waals surface area contributed by atoms with Gasteiger partial charge in [0.15, 0.2) is 0 Å². The highest BCUT2D eigenvalue weighted by atomic mass is 16.2. The van der Waals surface area contributed by atoms with Crippen LogP contribution in [0, 0.1) is 0 Å². The molecule has 8 nitrogen and oxygen atoms in total. The van der Waals surface area contributed by atoms with Crippen LogP contribution in [0.4, 0.5) is 0 Å². The van der Waals surface area contributed by atoms with Crippen LogP contribution in [0.15, 0.2) is 97.1 Å². The molecule has 0 radical (unpaired) electrons. The van der Waals surface area contributed by atoms with Gasteiger partial charge in [-0.2, -0.15) is 0 Å². The quantitative estimate of drug-likeness (QED) is 0.174. The zero-order valence-electron chi connectivity index (χ0n) is 26.3. The molecule has 8 heteroatoms. The summed E-state index contributed by atoms with van der Waals surface area (Å²) in [5, 5.41) is 5.17. The first-order chi connectivity index (χ1) is 21.8. The Labute approximate surface area is 266 Å². The van der Waals surface area contributed by atoms with Gasteiger partial charge in [-0.15, -0.1) is 0 Å². The molecular weight excluding hydrogens is 562 g/mol. The largest absolute Gasteiger partial charge is 0.354 e. The highest BCUT2D eigenvalue weighted by Gasteiger charge is 2.35. The van der Waals surface area contributed by atoms with Gasteiger partial charge < -0.3 is 26.6 Å². The number of carbonyl (C=O) groups is 3. The van der Waals surface area contributed by atoms with Crippen LogP contribution >= 0.6 is 0 Å². The van der Waals surface area contributed by atoms with Crippen molar-refractivity contribution in [2.24, 2.45) is 11.5 Å². The minimum atomic E-state index is -0.860. The van der Waals surface area contributed by atoms with Gasteiger partial charge in [0, 0.05) is 45.6 Å². The number of hydrogen-bond acceptors (Lipinski definition) is 5. The molecule has 0 aliphatic heterocycles. The van der Waals surface area contributed by atoms with E-state index in [0.29, 0.717) is 31.6 Å². The lowest BCUT2D eigenvalue weighted by Crippen LogP contribution is -2.56. The van der Waals surface area contributed by atoms with E-state index in [-0.39, 0.29) is 24.1 Å². The average Bonchev–Trinajstić information content (AvgIpc) is 3.08. The zero-order valence-corrected chi connectivity index (χ0v) is 26.3. The van der Waals surface area contributed by atoms with E-state index in [0.717, 1.165) is 46.7 Å². The summed E-state index contributed by atoms with van der Waals surface area (Å²) in [7, 11) is 3.31.